The lowest BCUT2D eigenvalue weighted by atomic mass is 10.3. The number of rotatable bonds is 11. The van der Waals surface area contributed by atoms with Crippen LogP contribution in [-0.4, -0.2) is 63.9 Å². The summed E-state index contributed by atoms with van der Waals surface area (Å²) in [7, 11) is 1.61. The highest BCUT2D eigenvalue weighted by atomic mass is 16.5. The first-order valence-electron chi connectivity index (χ1n) is 6.30. The number of nitrogens with zero attached hydrogens (tertiary/aromatic N) is 1. The first kappa shape index (κ1) is 16.4. The van der Waals surface area contributed by atoms with Gasteiger partial charge in [0.15, 0.2) is 0 Å². The fourth-order valence-corrected chi connectivity index (χ4v) is 1.43. The minimum atomic E-state index is -0.0550. The molecule has 0 fully saturated rings. The maximum absolute atomic E-state index is 11.3. The molecule has 0 aromatic heterocycles. The van der Waals surface area contributed by atoms with Gasteiger partial charge >= 0.3 is 0 Å². The number of hydrogen-bond donors (Lipinski definition) is 1. The van der Waals surface area contributed by atoms with Crippen molar-refractivity contribution in [3.63, 3.8) is 0 Å². The second-order valence-electron chi connectivity index (χ2n) is 3.78. The van der Waals surface area contributed by atoms with Crippen molar-refractivity contribution in [1.82, 2.24) is 10.2 Å². The van der Waals surface area contributed by atoms with Gasteiger partial charge in [-0.15, -0.1) is 0 Å². The Morgan fingerprint density at radius 1 is 1.24 bits per heavy atom. The van der Waals surface area contributed by atoms with E-state index in [1.807, 2.05) is 0 Å². The van der Waals surface area contributed by atoms with Crippen LogP contribution in [0.3, 0.4) is 0 Å². The van der Waals surface area contributed by atoms with Crippen LogP contribution in [0.25, 0.3) is 0 Å². The number of amides is 1. The van der Waals surface area contributed by atoms with E-state index < -0.39 is 0 Å². The molecule has 0 saturated heterocycles. The monoisotopic (exact) mass is 246 g/mol. The lowest BCUT2D eigenvalue weighted by Crippen LogP contribution is -2.32. The van der Waals surface area contributed by atoms with Gasteiger partial charge in [-0.05, 0) is 26.1 Å². The maximum atomic E-state index is 11.3. The van der Waals surface area contributed by atoms with E-state index >= 15 is 0 Å². The van der Waals surface area contributed by atoms with Gasteiger partial charge in [-0.1, -0.05) is 13.8 Å². The molecule has 0 spiro atoms. The molecule has 5 heteroatoms. The summed E-state index contributed by atoms with van der Waals surface area (Å²) in [6, 6.07) is 0. The molecular weight excluding hydrogens is 220 g/mol. The summed E-state index contributed by atoms with van der Waals surface area (Å²) in [5.74, 6) is -0.0550. The molecular formula is C12H26N2O3. The molecule has 0 aromatic rings. The first-order valence-corrected chi connectivity index (χ1v) is 6.30. The van der Waals surface area contributed by atoms with E-state index in [4.69, 9.17) is 9.47 Å². The average Bonchev–Trinajstić information content (AvgIpc) is 2.35. The molecule has 0 bridgehead atoms. The Labute approximate surface area is 104 Å². The predicted octanol–water partition coefficient (Wildman–Crippen LogP) is 0.498. The van der Waals surface area contributed by atoms with Crippen molar-refractivity contribution in [1.29, 1.82) is 0 Å². The number of ether oxygens (including phenoxy) is 2. The average molecular weight is 246 g/mol. The Morgan fingerprint density at radius 2 is 1.94 bits per heavy atom. The molecule has 0 rings (SSSR count). The molecule has 5 nitrogen and oxygen atoms in total. The van der Waals surface area contributed by atoms with Crippen LogP contribution in [0, 0.1) is 0 Å². The van der Waals surface area contributed by atoms with Crippen LogP contribution in [-0.2, 0) is 14.3 Å². The minimum Gasteiger partial charge on any atom is -0.382 e. The zero-order valence-electron chi connectivity index (χ0n) is 11.3. The van der Waals surface area contributed by atoms with Crippen LogP contribution in [0.5, 0.6) is 0 Å². The van der Waals surface area contributed by atoms with Crippen molar-refractivity contribution in [2.75, 3.05) is 53.1 Å². The Morgan fingerprint density at radius 3 is 2.53 bits per heavy atom. The largest absolute Gasteiger partial charge is 0.382 e. The molecule has 0 aliphatic rings. The fraction of sp³-hybridized carbons (Fsp3) is 0.917. The van der Waals surface area contributed by atoms with Gasteiger partial charge in [-0.2, -0.15) is 0 Å². The fourth-order valence-electron chi connectivity index (χ4n) is 1.43. The van der Waals surface area contributed by atoms with Gasteiger partial charge in [0.1, 0.15) is 6.61 Å². The molecule has 1 amide bonds. The molecule has 0 radical (unpaired) electrons. The Balaban J connectivity index is 3.32. The summed E-state index contributed by atoms with van der Waals surface area (Å²) < 4.78 is 9.92. The van der Waals surface area contributed by atoms with Gasteiger partial charge < -0.3 is 19.7 Å². The number of carbonyl (C=O) groups is 1. The van der Waals surface area contributed by atoms with Crippen molar-refractivity contribution in [3.05, 3.63) is 0 Å². The zero-order chi connectivity index (χ0) is 12.9. The van der Waals surface area contributed by atoms with Gasteiger partial charge in [0.05, 0.1) is 13.2 Å². The smallest absolute Gasteiger partial charge is 0.246 e. The van der Waals surface area contributed by atoms with E-state index in [1.165, 1.54) is 0 Å². The number of nitrogens with one attached hydrogen (secondary N) is 1. The van der Waals surface area contributed by atoms with Crippen molar-refractivity contribution in [2.45, 2.75) is 20.3 Å². The predicted molar refractivity (Wildman–Crippen MR) is 68.1 cm³/mol. The molecule has 0 atom stereocenters. The molecule has 0 aliphatic heterocycles. The van der Waals surface area contributed by atoms with E-state index in [2.05, 4.69) is 24.1 Å². The standard InChI is InChI=1S/C12H26N2O3/c1-4-14(5-2)8-6-7-13-12(15)11-17-10-9-16-3/h4-11H2,1-3H3,(H,13,15). The van der Waals surface area contributed by atoms with Gasteiger partial charge in [-0.3, -0.25) is 4.79 Å². The lowest BCUT2D eigenvalue weighted by Gasteiger charge is -2.17. The summed E-state index contributed by atoms with van der Waals surface area (Å²) in [6.07, 6.45) is 0.978. The third-order valence-corrected chi connectivity index (χ3v) is 2.53. The van der Waals surface area contributed by atoms with Crippen LogP contribution in [0.1, 0.15) is 20.3 Å². The summed E-state index contributed by atoms with van der Waals surface area (Å²) in [5.41, 5.74) is 0. The highest BCUT2D eigenvalue weighted by molar-refractivity contribution is 5.77. The normalized spacial score (nSPS) is 10.8. The van der Waals surface area contributed by atoms with E-state index in [9.17, 15) is 4.79 Å². The summed E-state index contributed by atoms with van der Waals surface area (Å²) in [6.45, 7) is 9.25. The van der Waals surface area contributed by atoms with Crippen molar-refractivity contribution in [2.24, 2.45) is 0 Å². The SMILES string of the molecule is CCN(CC)CCCNC(=O)COCCOC. The topological polar surface area (TPSA) is 50.8 Å². The molecule has 102 valence electrons. The molecule has 1 N–H and O–H groups in total. The van der Waals surface area contributed by atoms with Gasteiger partial charge in [-0.25, -0.2) is 0 Å². The summed E-state index contributed by atoms with van der Waals surface area (Å²) in [4.78, 5) is 13.6. The van der Waals surface area contributed by atoms with Crippen LogP contribution in [0.2, 0.25) is 0 Å². The van der Waals surface area contributed by atoms with E-state index in [1.54, 1.807) is 7.11 Å². The third-order valence-electron chi connectivity index (χ3n) is 2.53. The van der Waals surface area contributed by atoms with Crippen molar-refractivity contribution < 1.29 is 14.3 Å². The van der Waals surface area contributed by atoms with Crippen molar-refractivity contribution in [3.8, 4) is 0 Å². The summed E-state index contributed by atoms with van der Waals surface area (Å²) in [5, 5.41) is 2.83. The van der Waals surface area contributed by atoms with Crippen LogP contribution in [0.4, 0.5) is 0 Å². The Kier molecular flexibility index (Phi) is 11.4. The van der Waals surface area contributed by atoms with E-state index in [0.717, 1.165) is 26.1 Å². The summed E-state index contributed by atoms with van der Waals surface area (Å²) >= 11 is 0. The van der Waals surface area contributed by atoms with Gasteiger partial charge in [0.2, 0.25) is 5.91 Å². The molecule has 0 unspecified atom stereocenters. The van der Waals surface area contributed by atoms with Crippen LogP contribution in [0.15, 0.2) is 0 Å². The van der Waals surface area contributed by atoms with E-state index in [-0.39, 0.29) is 12.5 Å². The van der Waals surface area contributed by atoms with E-state index in [0.29, 0.717) is 19.8 Å². The van der Waals surface area contributed by atoms with Crippen LogP contribution >= 0.6 is 0 Å². The van der Waals surface area contributed by atoms with Crippen LogP contribution < -0.4 is 5.32 Å². The molecule has 0 aliphatic carbocycles. The van der Waals surface area contributed by atoms with Gasteiger partial charge in [0.25, 0.3) is 0 Å². The zero-order valence-corrected chi connectivity index (χ0v) is 11.3. The molecule has 0 saturated carbocycles. The van der Waals surface area contributed by atoms with Crippen molar-refractivity contribution >= 4 is 5.91 Å². The minimum absolute atomic E-state index is 0.0550. The molecule has 0 heterocycles. The highest BCUT2D eigenvalue weighted by Gasteiger charge is 2.01. The van der Waals surface area contributed by atoms with Gasteiger partial charge in [0, 0.05) is 13.7 Å². The molecule has 0 aromatic carbocycles. The number of carbonyl (C=O) groups excluding carboxylic acids is 1. The number of methoxy groups -OCH3 is 1. The quantitative estimate of drug-likeness (QED) is 0.539. The first-order chi connectivity index (χ1) is 8.24. The second-order valence-corrected chi connectivity index (χ2v) is 3.78. The number of hydrogen-bond acceptors (Lipinski definition) is 4. The highest BCUT2D eigenvalue weighted by Crippen LogP contribution is 1.89. The maximum Gasteiger partial charge on any atom is 0.246 e. The third kappa shape index (κ3) is 10.2. The lowest BCUT2D eigenvalue weighted by molar-refractivity contribution is -0.126. The molecule has 17 heavy (non-hydrogen) atoms. The Hall–Kier alpha value is -0.650. The Bertz CT molecular complexity index is 185. The second kappa shape index (κ2) is 11.8.